The largest absolute Gasteiger partial charge is 0.309 e. The highest BCUT2D eigenvalue weighted by Gasteiger charge is 2.07. The number of non-ortho nitro benzene ring substituents is 2. The molecule has 21 heavy (non-hydrogen) atoms. The Kier molecular flexibility index (Phi) is 4.57. The van der Waals surface area contributed by atoms with Crippen LogP contribution in [0, 0.1) is 20.2 Å². The third kappa shape index (κ3) is 4.08. The van der Waals surface area contributed by atoms with Gasteiger partial charge in [0.1, 0.15) is 0 Å². The van der Waals surface area contributed by atoms with Crippen LogP contribution in [0.15, 0.2) is 48.5 Å². The third-order valence-electron chi connectivity index (χ3n) is 2.90. The number of nitro groups is 2. The molecule has 108 valence electrons. The van der Waals surface area contributed by atoms with Gasteiger partial charge in [0.05, 0.1) is 9.85 Å². The molecule has 0 bridgehead atoms. The van der Waals surface area contributed by atoms with Crippen LogP contribution in [0.25, 0.3) is 0 Å². The van der Waals surface area contributed by atoms with Crippen LogP contribution in [0.4, 0.5) is 11.4 Å². The summed E-state index contributed by atoms with van der Waals surface area (Å²) in [6.45, 7) is 0.898. The molecule has 2 aromatic carbocycles. The quantitative estimate of drug-likeness (QED) is 0.650. The standard InChI is InChI=1S/C14H13N3O4/c18-16(19)13-5-1-3-11(7-13)9-15-10-12-4-2-6-14(8-12)17(20)21/h1-8,15H,9-10H2. The van der Waals surface area contributed by atoms with Crippen LogP contribution in [-0.4, -0.2) is 9.85 Å². The zero-order chi connectivity index (χ0) is 15.2. The first kappa shape index (κ1) is 14.6. The summed E-state index contributed by atoms with van der Waals surface area (Å²) in [5, 5.41) is 24.4. The molecule has 0 saturated carbocycles. The van der Waals surface area contributed by atoms with Gasteiger partial charge in [0.15, 0.2) is 0 Å². The molecule has 0 spiro atoms. The van der Waals surface area contributed by atoms with Gasteiger partial charge >= 0.3 is 0 Å². The Labute approximate surface area is 120 Å². The first-order valence-electron chi connectivity index (χ1n) is 6.23. The van der Waals surface area contributed by atoms with Gasteiger partial charge in [-0.05, 0) is 11.1 Å². The van der Waals surface area contributed by atoms with Gasteiger partial charge in [0.2, 0.25) is 0 Å². The predicted octanol–water partition coefficient (Wildman–Crippen LogP) is 2.79. The lowest BCUT2D eigenvalue weighted by atomic mass is 10.1. The summed E-state index contributed by atoms with van der Waals surface area (Å²) in [4.78, 5) is 20.5. The predicted molar refractivity (Wildman–Crippen MR) is 76.7 cm³/mol. The third-order valence-corrected chi connectivity index (χ3v) is 2.90. The highest BCUT2D eigenvalue weighted by atomic mass is 16.6. The Morgan fingerprint density at radius 3 is 1.62 bits per heavy atom. The topological polar surface area (TPSA) is 98.3 Å². The second kappa shape index (κ2) is 6.58. The molecule has 0 aliphatic heterocycles. The van der Waals surface area contributed by atoms with Crippen LogP contribution in [0.2, 0.25) is 0 Å². The van der Waals surface area contributed by atoms with Crippen molar-refractivity contribution in [3.05, 3.63) is 79.9 Å². The second-order valence-electron chi connectivity index (χ2n) is 4.46. The maximum atomic E-state index is 10.7. The number of nitro benzene ring substituents is 2. The molecule has 7 nitrogen and oxygen atoms in total. The number of hydrogen-bond donors (Lipinski definition) is 1. The SMILES string of the molecule is O=[N+]([O-])c1cccc(CNCc2cccc([N+](=O)[O-])c2)c1. The van der Waals surface area contributed by atoms with E-state index in [-0.39, 0.29) is 11.4 Å². The summed E-state index contributed by atoms with van der Waals surface area (Å²) >= 11 is 0. The fraction of sp³-hybridized carbons (Fsp3) is 0.143. The lowest BCUT2D eigenvalue weighted by Crippen LogP contribution is -2.12. The molecule has 7 heteroatoms. The van der Waals surface area contributed by atoms with E-state index in [1.807, 2.05) is 0 Å². The van der Waals surface area contributed by atoms with E-state index in [9.17, 15) is 20.2 Å². The lowest BCUT2D eigenvalue weighted by Gasteiger charge is -2.05. The van der Waals surface area contributed by atoms with Gasteiger partial charge in [-0.25, -0.2) is 0 Å². The molecular formula is C14H13N3O4. The van der Waals surface area contributed by atoms with Gasteiger partial charge in [-0.3, -0.25) is 20.2 Å². The van der Waals surface area contributed by atoms with E-state index in [0.29, 0.717) is 13.1 Å². The maximum Gasteiger partial charge on any atom is 0.269 e. The number of hydrogen-bond acceptors (Lipinski definition) is 5. The van der Waals surface area contributed by atoms with E-state index >= 15 is 0 Å². The highest BCUT2D eigenvalue weighted by Crippen LogP contribution is 2.14. The van der Waals surface area contributed by atoms with E-state index < -0.39 is 9.85 Å². The number of nitrogens with zero attached hydrogens (tertiary/aromatic N) is 2. The van der Waals surface area contributed by atoms with Gasteiger partial charge in [-0.1, -0.05) is 24.3 Å². The molecule has 0 aromatic heterocycles. The summed E-state index contributed by atoms with van der Waals surface area (Å²) in [5.74, 6) is 0. The zero-order valence-corrected chi connectivity index (χ0v) is 11.1. The van der Waals surface area contributed by atoms with Gasteiger partial charge in [-0.15, -0.1) is 0 Å². The smallest absolute Gasteiger partial charge is 0.269 e. The first-order chi connectivity index (χ1) is 10.1. The van der Waals surface area contributed by atoms with Crippen molar-refractivity contribution in [2.24, 2.45) is 0 Å². The molecular weight excluding hydrogens is 274 g/mol. The van der Waals surface area contributed by atoms with Gasteiger partial charge in [-0.2, -0.15) is 0 Å². The van der Waals surface area contributed by atoms with Gasteiger partial charge in [0.25, 0.3) is 11.4 Å². The molecule has 0 aliphatic rings. The van der Waals surface area contributed by atoms with Crippen molar-refractivity contribution < 1.29 is 9.85 Å². The van der Waals surface area contributed by atoms with Crippen molar-refractivity contribution in [2.75, 3.05) is 0 Å². The molecule has 0 unspecified atom stereocenters. The first-order valence-corrected chi connectivity index (χ1v) is 6.23. The van der Waals surface area contributed by atoms with Crippen molar-refractivity contribution >= 4 is 11.4 Å². The molecule has 0 radical (unpaired) electrons. The summed E-state index contributed by atoms with van der Waals surface area (Å²) < 4.78 is 0. The summed E-state index contributed by atoms with van der Waals surface area (Å²) in [6, 6.07) is 12.7. The minimum absolute atomic E-state index is 0.0460. The molecule has 2 rings (SSSR count). The summed E-state index contributed by atoms with van der Waals surface area (Å²) in [5.41, 5.74) is 1.67. The molecule has 0 heterocycles. The van der Waals surface area contributed by atoms with Crippen molar-refractivity contribution in [1.82, 2.24) is 5.32 Å². The summed E-state index contributed by atoms with van der Waals surface area (Å²) in [6.07, 6.45) is 0. The van der Waals surface area contributed by atoms with Crippen LogP contribution in [0.5, 0.6) is 0 Å². The van der Waals surface area contributed by atoms with Crippen LogP contribution in [0.1, 0.15) is 11.1 Å². The Morgan fingerprint density at radius 1 is 0.810 bits per heavy atom. The molecule has 1 N–H and O–H groups in total. The van der Waals surface area contributed by atoms with E-state index in [2.05, 4.69) is 5.32 Å². The Bertz CT molecular complexity index is 615. The molecule has 0 saturated heterocycles. The van der Waals surface area contributed by atoms with E-state index in [0.717, 1.165) is 11.1 Å². The van der Waals surface area contributed by atoms with Crippen LogP contribution in [0.3, 0.4) is 0 Å². The maximum absolute atomic E-state index is 10.7. The monoisotopic (exact) mass is 287 g/mol. The van der Waals surface area contributed by atoms with E-state index in [1.165, 1.54) is 24.3 Å². The lowest BCUT2D eigenvalue weighted by molar-refractivity contribution is -0.385. The normalized spacial score (nSPS) is 10.3. The van der Waals surface area contributed by atoms with Crippen LogP contribution < -0.4 is 5.32 Å². The van der Waals surface area contributed by atoms with E-state index in [4.69, 9.17) is 0 Å². The minimum atomic E-state index is -0.440. The zero-order valence-electron chi connectivity index (χ0n) is 11.1. The average molecular weight is 287 g/mol. The van der Waals surface area contributed by atoms with Crippen LogP contribution >= 0.6 is 0 Å². The van der Waals surface area contributed by atoms with Crippen LogP contribution in [-0.2, 0) is 13.1 Å². The van der Waals surface area contributed by atoms with E-state index in [1.54, 1.807) is 24.3 Å². The van der Waals surface area contributed by atoms with Crippen molar-refractivity contribution in [2.45, 2.75) is 13.1 Å². The highest BCUT2D eigenvalue weighted by molar-refractivity contribution is 5.35. The Morgan fingerprint density at radius 2 is 1.24 bits per heavy atom. The van der Waals surface area contributed by atoms with Gasteiger partial charge in [0, 0.05) is 37.4 Å². The summed E-state index contributed by atoms with van der Waals surface area (Å²) in [7, 11) is 0. The molecule has 0 atom stereocenters. The van der Waals surface area contributed by atoms with Gasteiger partial charge < -0.3 is 5.32 Å². The van der Waals surface area contributed by atoms with Crippen molar-refractivity contribution in [3.8, 4) is 0 Å². The van der Waals surface area contributed by atoms with Crippen molar-refractivity contribution in [3.63, 3.8) is 0 Å². The number of rotatable bonds is 6. The minimum Gasteiger partial charge on any atom is -0.309 e. The molecule has 0 amide bonds. The average Bonchev–Trinajstić information content (AvgIpc) is 2.48. The number of nitrogens with one attached hydrogen (secondary N) is 1. The molecule has 0 fully saturated rings. The fourth-order valence-corrected chi connectivity index (χ4v) is 1.91. The number of benzene rings is 2. The second-order valence-corrected chi connectivity index (χ2v) is 4.46. The fourth-order valence-electron chi connectivity index (χ4n) is 1.91. The Hall–Kier alpha value is -2.80. The van der Waals surface area contributed by atoms with Crippen molar-refractivity contribution in [1.29, 1.82) is 0 Å². The molecule has 2 aromatic rings. The Balaban J connectivity index is 1.95. The molecule has 0 aliphatic carbocycles.